The number of amides is 1. The second-order valence-electron chi connectivity index (χ2n) is 2.12. The van der Waals surface area contributed by atoms with Gasteiger partial charge in [0.25, 0.3) is 0 Å². The van der Waals surface area contributed by atoms with Crippen molar-refractivity contribution in [2.75, 3.05) is 0 Å². The van der Waals surface area contributed by atoms with Gasteiger partial charge in [0.05, 0.1) is 10.8 Å². The summed E-state index contributed by atoms with van der Waals surface area (Å²) < 4.78 is 0. The number of aliphatic hydroxyl groups excluding tert-OH is 1. The largest absolute Gasteiger partial charge is 0.503 e. The van der Waals surface area contributed by atoms with Gasteiger partial charge in [0.2, 0.25) is 0 Å². The average Bonchev–Trinajstić information content (AvgIpc) is 2.36. The molecule has 1 amide bonds. The van der Waals surface area contributed by atoms with Crippen LogP contribution in [-0.2, 0) is 4.79 Å². The first-order chi connectivity index (χ1) is 5.27. The first-order valence-corrected chi connectivity index (χ1v) is 3.93. The molecule has 0 aromatic rings. The van der Waals surface area contributed by atoms with Crippen molar-refractivity contribution in [2.45, 2.75) is 5.25 Å². The molecule has 2 heterocycles. The molecule has 2 rings (SSSR count). The smallest absolute Gasteiger partial charge is 0.313 e. The van der Waals surface area contributed by atoms with Crippen LogP contribution < -0.4 is 0 Å². The van der Waals surface area contributed by atoms with Crippen LogP contribution in [0, 0.1) is 0 Å². The van der Waals surface area contributed by atoms with Crippen LogP contribution in [0.25, 0.3) is 0 Å². The SMILES string of the molecule is O=C1N=C2N=CSC2C=C1O. The molecule has 0 saturated carbocycles. The first-order valence-electron chi connectivity index (χ1n) is 2.99. The third kappa shape index (κ3) is 0.970. The van der Waals surface area contributed by atoms with Crippen LogP contribution in [0.5, 0.6) is 0 Å². The molecular weight excluding hydrogens is 164 g/mol. The van der Waals surface area contributed by atoms with Crippen molar-refractivity contribution in [3.05, 3.63) is 11.8 Å². The van der Waals surface area contributed by atoms with Gasteiger partial charge in [0.1, 0.15) is 0 Å². The zero-order valence-electron chi connectivity index (χ0n) is 5.39. The van der Waals surface area contributed by atoms with Gasteiger partial charge >= 0.3 is 5.91 Å². The van der Waals surface area contributed by atoms with E-state index < -0.39 is 5.91 Å². The van der Waals surface area contributed by atoms with Gasteiger partial charge in [-0.2, -0.15) is 4.99 Å². The number of thioether (sulfide) groups is 1. The van der Waals surface area contributed by atoms with Gasteiger partial charge in [-0.25, -0.2) is 4.99 Å². The second-order valence-corrected chi connectivity index (χ2v) is 3.11. The van der Waals surface area contributed by atoms with Crippen LogP contribution in [0.3, 0.4) is 0 Å². The number of aliphatic hydroxyl groups is 1. The fourth-order valence-corrected chi connectivity index (χ4v) is 1.61. The second kappa shape index (κ2) is 2.20. The number of hydrogen-bond acceptors (Lipinski definition) is 4. The van der Waals surface area contributed by atoms with E-state index >= 15 is 0 Å². The summed E-state index contributed by atoms with van der Waals surface area (Å²) in [6, 6.07) is 0. The Labute approximate surface area is 66.7 Å². The van der Waals surface area contributed by atoms with E-state index in [1.54, 1.807) is 5.55 Å². The Morgan fingerprint density at radius 3 is 3.27 bits per heavy atom. The Balaban J connectivity index is 2.39. The lowest BCUT2D eigenvalue weighted by Gasteiger charge is -2.07. The number of dihydropyridines is 1. The topological polar surface area (TPSA) is 62.0 Å². The molecule has 0 aromatic heterocycles. The van der Waals surface area contributed by atoms with Gasteiger partial charge in [-0.1, -0.05) is 11.8 Å². The molecule has 1 unspecified atom stereocenters. The van der Waals surface area contributed by atoms with E-state index in [1.165, 1.54) is 17.8 Å². The summed E-state index contributed by atoms with van der Waals surface area (Å²) in [5.74, 6) is -0.398. The van der Waals surface area contributed by atoms with Crippen LogP contribution in [0.1, 0.15) is 0 Å². The van der Waals surface area contributed by atoms with Crippen LogP contribution in [0.2, 0.25) is 0 Å². The summed E-state index contributed by atoms with van der Waals surface area (Å²) >= 11 is 1.42. The molecule has 0 fully saturated rings. The zero-order valence-corrected chi connectivity index (χ0v) is 6.21. The van der Waals surface area contributed by atoms with E-state index in [2.05, 4.69) is 9.98 Å². The van der Waals surface area contributed by atoms with Gasteiger partial charge in [-0.05, 0) is 6.08 Å². The monoisotopic (exact) mass is 168 g/mol. The minimum absolute atomic E-state index is 0.0623. The highest BCUT2D eigenvalue weighted by Crippen LogP contribution is 2.23. The van der Waals surface area contributed by atoms with Gasteiger partial charge in [-0.3, -0.25) is 4.79 Å². The van der Waals surface area contributed by atoms with Crippen molar-refractivity contribution < 1.29 is 9.90 Å². The van der Waals surface area contributed by atoms with Crippen LogP contribution in [-0.4, -0.2) is 27.6 Å². The summed E-state index contributed by atoms with van der Waals surface area (Å²) in [5, 5.41) is 8.90. The number of rotatable bonds is 0. The van der Waals surface area contributed by atoms with Crippen molar-refractivity contribution in [3.63, 3.8) is 0 Å². The van der Waals surface area contributed by atoms with Crippen molar-refractivity contribution in [3.8, 4) is 0 Å². The van der Waals surface area contributed by atoms with Gasteiger partial charge in [0.15, 0.2) is 11.6 Å². The molecule has 0 aromatic carbocycles. The molecule has 0 saturated heterocycles. The standard InChI is InChI=1S/C6H4N2O2S/c9-3-1-4-5(7-2-11-4)8-6(3)10/h1-2,4,9H. The zero-order chi connectivity index (χ0) is 7.84. The normalized spacial score (nSPS) is 28.0. The average molecular weight is 168 g/mol. The van der Waals surface area contributed by atoms with Crippen molar-refractivity contribution >= 4 is 29.1 Å². The molecule has 1 atom stereocenters. The molecule has 0 aliphatic carbocycles. The lowest BCUT2D eigenvalue weighted by Crippen LogP contribution is -2.18. The number of amidine groups is 1. The number of carbonyl (C=O) groups excluding carboxylic acids is 1. The third-order valence-electron chi connectivity index (χ3n) is 1.39. The number of hydrogen-bond donors (Lipinski definition) is 1. The molecule has 4 nitrogen and oxygen atoms in total. The summed E-state index contributed by atoms with van der Waals surface area (Å²) in [5.41, 5.74) is 1.62. The minimum Gasteiger partial charge on any atom is -0.503 e. The molecule has 0 bridgehead atoms. The van der Waals surface area contributed by atoms with E-state index in [-0.39, 0.29) is 11.0 Å². The lowest BCUT2D eigenvalue weighted by molar-refractivity contribution is -0.116. The van der Waals surface area contributed by atoms with Crippen molar-refractivity contribution in [1.29, 1.82) is 0 Å². The molecule has 2 aliphatic rings. The maximum Gasteiger partial charge on any atom is 0.313 e. The molecule has 11 heavy (non-hydrogen) atoms. The molecule has 0 radical (unpaired) electrons. The predicted octanol–water partition coefficient (Wildman–Crippen LogP) is 0.511. The quantitative estimate of drug-likeness (QED) is 0.573. The van der Waals surface area contributed by atoms with Crippen molar-refractivity contribution in [2.24, 2.45) is 9.98 Å². The number of fused-ring (bicyclic) bond motifs is 1. The Hall–Kier alpha value is -1.10. The highest BCUT2D eigenvalue weighted by atomic mass is 32.2. The van der Waals surface area contributed by atoms with Crippen LogP contribution >= 0.6 is 11.8 Å². The maximum absolute atomic E-state index is 10.7. The van der Waals surface area contributed by atoms with E-state index in [1.807, 2.05) is 0 Å². The van der Waals surface area contributed by atoms with E-state index in [9.17, 15) is 4.79 Å². The van der Waals surface area contributed by atoms with Gasteiger partial charge in [-0.15, -0.1) is 0 Å². The van der Waals surface area contributed by atoms with Crippen molar-refractivity contribution in [1.82, 2.24) is 0 Å². The first kappa shape index (κ1) is 6.60. The maximum atomic E-state index is 10.7. The lowest BCUT2D eigenvalue weighted by atomic mass is 10.2. The predicted molar refractivity (Wildman–Crippen MR) is 43.0 cm³/mol. The van der Waals surface area contributed by atoms with Crippen LogP contribution in [0.15, 0.2) is 21.8 Å². The molecule has 1 N–H and O–H groups in total. The minimum atomic E-state index is -0.601. The van der Waals surface area contributed by atoms with E-state index in [0.29, 0.717) is 5.84 Å². The van der Waals surface area contributed by atoms with Gasteiger partial charge in [0, 0.05) is 0 Å². The molecule has 56 valence electrons. The number of nitrogens with zero attached hydrogens (tertiary/aromatic N) is 2. The van der Waals surface area contributed by atoms with E-state index in [0.717, 1.165) is 0 Å². The summed E-state index contributed by atoms with van der Waals surface area (Å²) in [7, 11) is 0. The Kier molecular flexibility index (Phi) is 1.32. The number of carbonyl (C=O) groups is 1. The highest BCUT2D eigenvalue weighted by molar-refractivity contribution is 8.13. The fourth-order valence-electron chi connectivity index (χ4n) is 0.867. The summed E-state index contributed by atoms with van der Waals surface area (Å²) in [6.45, 7) is 0. The molecular formula is C6H4N2O2S. The van der Waals surface area contributed by atoms with E-state index in [4.69, 9.17) is 5.11 Å². The number of aliphatic imine (C=N–C) groups is 2. The molecule has 0 spiro atoms. The summed E-state index contributed by atoms with van der Waals surface area (Å²) in [6.07, 6.45) is 1.46. The fraction of sp³-hybridized carbons (Fsp3) is 0.167. The summed E-state index contributed by atoms with van der Waals surface area (Å²) in [4.78, 5) is 18.2. The third-order valence-corrected chi connectivity index (χ3v) is 2.26. The highest BCUT2D eigenvalue weighted by Gasteiger charge is 2.26. The Bertz CT molecular complexity index is 306. The Morgan fingerprint density at radius 1 is 1.64 bits per heavy atom. The van der Waals surface area contributed by atoms with Crippen LogP contribution in [0.4, 0.5) is 0 Å². The van der Waals surface area contributed by atoms with Gasteiger partial charge < -0.3 is 5.11 Å². The molecule has 5 heteroatoms. The molecule has 2 aliphatic heterocycles. The Morgan fingerprint density at radius 2 is 2.45 bits per heavy atom.